The summed E-state index contributed by atoms with van der Waals surface area (Å²) in [5.74, 6) is -3.02. The third-order valence-electron chi connectivity index (χ3n) is 0.646. The van der Waals surface area contributed by atoms with Crippen LogP contribution in [0.1, 0.15) is 6.42 Å². The van der Waals surface area contributed by atoms with Crippen molar-refractivity contribution in [2.24, 2.45) is 0 Å². The second-order valence-electron chi connectivity index (χ2n) is 1.44. The van der Waals surface area contributed by atoms with Crippen molar-refractivity contribution in [1.82, 2.24) is 0 Å². The van der Waals surface area contributed by atoms with Gasteiger partial charge in [0, 0.05) is 12.4 Å². The third-order valence-corrected chi connectivity index (χ3v) is 0.646. The van der Waals surface area contributed by atoms with Gasteiger partial charge in [-0.1, -0.05) is 6.58 Å². The van der Waals surface area contributed by atoms with Crippen LogP contribution in [0.15, 0.2) is 12.2 Å². The Morgan fingerprint density at radius 1 is 1.30 bits per heavy atom. The summed E-state index contributed by atoms with van der Waals surface area (Å²) in [7, 11) is 0. The second kappa shape index (κ2) is 5.18. The number of rotatable bonds is 3. The van der Waals surface area contributed by atoms with Gasteiger partial charge in [0.15, 0.2) is 0 Å². The molecular formula is C5H4O4Pt. The van der Waals surface area contributed by atoms with Gasteiger partial charge in [0.2, 0.25) is 0 Å². The molecule has 0 aliphatic carbocycles. The van der Waals surface area contributed by atoms with Gasteiger partial charge >= 0.3 is 21.1 Å². The minimum absolute atomic E-state index is 0. The van der Waals surface area contributed by atoms with Gasteiger partial charge in [-0.15, -0.1) is 0 Å². The molecule has 0 heterocycles. The van der Waals surface area contributed by atoms with E-state index >= 15 is 0 Å². The quantitative estimate of drug-likeness (QED) is 0.535. The largest absolute Gasteiger partial charge is 2.00 e. The molecule has 10 heavy (non-hydrogen) atoms. The normalized spacial score (nSPS) is 7.60. The third kappa shape index (κ3) is 5.50. The molecule has 0 unspecified atom stereocenters. The smallest absolute Gasteiger partial charge is 0.550 e. The Balaban J connectivity index is 0. The summed E-state index contributed by atoms with van der Waals surface area (Å²) in [6.45, 7) is 2.91. The monoisotopic (exact) mass is 323 g/mol. The number of carbonyl (C=O) groups excluding carboxylic acids is 2. The minimum Gasteiger partial charge on any atom is -0.550 e. The number of aliphatic carboxylic acids is 2. The minimum atomic E-state index is -1.56. The molecule has 0 rings (SSSR count). The second-order valence-corrected chi connectivity index (χ2v) is 1.44. The number of carbonyl (C=O) groups is 2. The molecule has 0 aromatic heterocycles. The zero-order valence-corrected chi connectivity index (χ0v) is 7.14. The number of carboxylic acid groups (broad SMARTS) is 2. The van der Waals surface area contributed by atoms with Crippen LogP contribution in [0, 0.1) is 0 Å². The van der Waals surface area contributed by atoms with Gasteiger partial charge in [0.25, 0.3) is 0 Å². The van der Waals surface area contributed by atoms with Crippen LogP contribution in [0.2, 0.25) is 0 Å². The van der Waals surface area contributed by atoms with E-state index in [2.05, 4.69) is 6.58 Å². The Hall–Kier alpha value is -0.632. The van der Waals surface area contributed by atoms with E-state index in [1.807, 2.05) is 0 Å². The summed E-state index contributed by atoms with van der Waals surface area (Å²) in [6.07, 6.45) is -0.678. The summed E-state index contributed by atoms with van der Waals surface area (Å²) in [5.41, 5.74) is -0.477. The Labute approximate surface area is 71.8 Å². The maximum absolute atomic E-state index is 9.73. The number of hydrogen-bond donors (Lipinski definition) is 0. The fraction of sp³-hybridized carbons (Fsp3) is 0.200. The molecule has 0 aliphatic rings. The zero-order chi connectivity index (χ0) is 7.44. The van der Waals surface area contributed by atoms with Gasteiger partial charge in [0.05, 0.1) is 5.97 Å². The molecule has 0 saturated carbocycles. The van der Waals surface area contributed by atoms with Gasteiger partial charge in [-0.25, -0.2) is 0 Å². The molecule has 0 aromatic rings. The molecule has 4 nitrogen and oxygen atoms in total. The molecule has 0 atom stereocenters. The van der Waals surface area contributed by atoms with Crippen molar-refractivity contribution in [3.05, 3.63) is 12.2 Å². The van der Waals surface area contributed by atoms with Crippen molar-refractivity contribution < 1.29 is 40.9 Å². The molecule has 0 bridgehead atoms. The standard InChI is InChI=1S/C5H6O4.Pt/c1-3(5(8)9)2-4(6)7;/h1-2H2,(H,6,7)(H,8,9);/q;+2/p-2. The van der Waals surface area contributed by atoms with Gasteiger partial charge in [-0.3, -0.25) is 0 Å². The van der Waals surface area contributed by atoms with Crippen molar-refractivity contribution in [2.45, 2.75) is 6.42 Å². The van der Waals surface area contributed by atoms with E-state index in [0.29, 0.717) is 0 Å². The summed E-state index contributed by atoms with van der Waals surface area (Å²) in [4.78, 5) is 19.4. The van der Waals surface area contributed by atoms with E-state index in [1.165, 1.54) is 0 Å². The van der Waals surface area contributed by atoms with Crippen LogP contribution in [0.25, 0.3) is 0 Å². The topological polar surface area (TPSA) is 80.3 Å². The van der Waals surface area contributed by atoms with E-state index in [-0.39, 0.29) is 21.1 Å². The van der Waals surface area contributed by atoms with Crippen LogP contribution in [0.4, 0.5) is 0 Å². The first-order valence-corrected chi connectivity index (χ1v) is 2.13. The summed E-state index contributed by atoms with van der Waals surface area (Å²) in [6, 6.07) is 0. The van der Waals surface area contributed by atoms with Crippen molar-refractivity contribution in [3.63, 3.8) is 0 Å². The van der Waals surface area contributed by atoms with Crippen LogP contribution in [-0.2, 0) is 30.7 Å². The van der Waals surface area contributed by atoms with Crippen LogP contribution >= 0.6 is 0 Å². The molecule has 5 heteroatoms. The van der Waals surface area contributed by atoms with Gasteiger partial charge in [-0.05, 0) is 5.57 Å². The maximum atomic E-state index is 9.73. The molecule has 0 spiro atoms. The molecule has 0 N–H and O–H groups in total. The average Bonchev–Trinajstić information content (AvgIpc) is 1.63. The van der Waals surface area contributed by atoms with Gasteiger partial charge < -0.3 is 19.8 Å². The summed E-state index contributed by atoms with van der Waals surface area (Å²) >= 11 is 0. The molecular weight excluding hydrogens is 319 g/mol. The molecule has 58 valence electrons. The van der Waals surface area contributed by atoms with E-state index in [9.17, 15) is 19.8 Å². The van der Waals surface area contributed by atoms with Crippen molar-refractivity contribution in [1.29, 1.82) is 0 Å². The van der Waals surface area contributed by atoms with Gasteiger partial charge in [-0.2, -0.15) is 0 Å². The molecule has 0 aromatic carbocycles. The number of carboxylic acids is 2. The molecule has 0 aliphatic heterocycles. The average molecular weight is 323 g/mol. The van der Waals surface area contributed by atoms with Crippen molar-refractivity contribution in [3.8, 4) is 0 Å². The van der Waals surface area contributed by atoms with E-state index in [0.717, 1.165) is 0 Å². The Morgan fingerprint density at radius 3 is 1.80 bits per heavy atom. The van der Waals surface area contributed by atoms with Crippen LogP contribution < -0.4 is 10.2 Å². The predicted octanol–water partition coefficient (Wildman–Crippen LogP) is -2.57. The Bertz CT molecular complexity index is 163. The Kier molecular flexibility index (Phi) is 6.26. The van der Waals surface area contributed by atoms with Crippen LogP contribution in [-0.4, -0.2) is 11.9 Å². The first kappa shape index (κ1) is 12.1. The fourth-order valence-corrected chi connectivity index (χ4v) is 0.246. The summed E-state index contributed by atoms with van der Waals surface area (Å²) in [5, 5.41) is 19.4. The van der Waals surface area contributed by atoms with E-state index in [1.54, 1.807) is 0 Å². The molecule has 0 radical (unpaired) electrons. The Morgan fingerprint density at radius 2 is 1.70 bits per heavy atom. The summed E-state index contributed by atoms with van der Waals surface area (Å²) < 4.78 is 0. The zero-order valence-electron chi connectivity index (χ0n) is 4.86. The molecule has 0 fully saturated rings. The van der Waals surface area contributed by atoms with Crippen molar-refractivity contribution in [2.75, 3.05) is 0 Å². The van der Waals surface area contributed by atoms with Crippen molar-refractivity contribution >= 4 is 11.9 Å². The fourth-order valence-electron chi connectivity index (χ4n) is 0.246. The SMILES string of the molecule is C=C(CC(=O)[O-])C(=O)[O-].[Pt+2]. The van der Waals surface area contributed by atoms with E-state index in [4.69, 9.17) is 0 Å². The molecule has 0 saturated heterocycles. The van der Waals surface area contributed by atoms with Crippen LogP contribution in [0.3, 0.4) is 0 Å². The maximum Gasteiger partial charge on any atom is 2.00 e. The van der Waals surface area contributed by atoms with Crippen LogP contribution in [0.5, 0.6) is 0 Å². The first-order chi connectivity index (χ1) is 4.04. The number of hydrogen-bond acceptors (Lipinski definition) is 4. The van der Waals surface area contributed by atoms with E-state index < -0.39 is 23.9 Å². The van der Waals surface area contributed by atoms with Gasteiger partial charge in [0.1, 0.15) is 0 Å². The molecule has 0 amide bonds. The first-order valence-electron chi connectivity index (χ1n) is 2.13. The predicted molar refractivity (Wildman–Crippen MR) is 23.8 cm³/mol.